The van der Waals surface area contributed by atoms with E-state index in [-0.39, 0.29) is 18.1 Å². The largest absolute Gasteiger partial charge is 0.467 e. The third kappa shape index (κ3) is 3.16. The van der Waals surface area contributed by atoms with Crippen LogP contribution in [0.3, 0.4) is 0 Å². The van der Waals surface area contributed by atoms with Crippen LogP contribution in [0.2, 0.25) is 0 Å². The first kappa shape index (κ1) is 15.6. The standard InChI is InChI=1S/C16H20N4O3S/c1-10-18-19-16(24-10)20-5-4-11-7-13(23-14(11)9-20)15(21)17-8-12-3-2-6-22-12/h2-3,6,11,13-14H,4-5,7-9H2,1H3,(H,17,21)/t11-,13+,14-/m0/s1. The first-order valence-electron chi connectivity index (χ1n) is 8.19. The zero-order valence-electron chi connectivity index (χ0n) is 13.5. The lowest BCUT2D eigenvalue weighted by molar-refractivity contribution is -0.132. The second-order valence-corrected chi connectivity index (χ2v) is 7.45. The molecule has 0 aromatic carbocycles. The van der Waals surface area contributed by atoms with Gasteiger partial charge in [-0.15, -0.1) is 10.2 Å². The van der Waals surface area contributed by atoms with Crippen LogP contribution < -0.4 is 10.2 Å². The fourth-order valence-electron chi connectivity index (χ4n) is 3.39. The molecule has 2 aliphatic heterocycles. The third-order valence-electron chi connectivity index (χ3n) is 4.65. The Labute approximate surface area is 144 Å². The van der Waals surface area contributed by atoms with E-state index in [4.69, 9.17) is 9.15 Å². The Bertz CT molecular complexity index is 702. The maximum atomic E-state index is 12.3. The van der Waals surface area contributed by atoms with Crippen molar-refractivity contribution < 1.29 is 13.9 Å². The number of piperidine rings is 1. The van der Waals surface area contributed by atoms with Crippen molar-refractivity contribution in [2.45, 2.75) is 38.5 Å². The predicted molar refractivity (Wildman–Crippen MR) is 88.8 cm³/mol. The van der Waals surface area contributed by atoms with Gasteiger partial charge in [0, 0.05) is 13.1 Å². The van der Waals surface area contributed by atoms with E-state index < -0.39 is 0 Å². The Morgan fingerprint density at radius 3 is 3.17 bits per heavy atom. The highest BCUT2D eigenvalue weighted by Gasteiger charge is 2.42. The van der Waals surface area contributed by atoms with Crippen molar-refractivity contribution in [3.05, 3.63) is 29.2 Å². The smallest absolute Gasteiger partial charge is 0.249 e. The number of ether oxygens (including phenoxy) is 1. The van der Waals surface area contributed by atoms with Gasteiger partial charge in [0.1, 0.15) is 16.9 Å². The highest BCUT2D eigenvalue weighted by atomic mass is 32.1. The first-order chi connectivity index (χ1) is 11.7. The second kappa shape index (κ2) is 6.52. The lowest BCUT2D eigenvalue weighted by atomic mass is 9.92. The molecule has 2 aliphatic rings. The van der Waals surface area contributed by atoms with Gasteiger partial charge in [-0.1, -0.05) is 11.3 Å². The molecule has 3 atom stereocenters. The lowest BCUT2D eigenvalue weighted by Gasteiger charge is -2.33. The Kier molecular flexibility index (Phi) is 4.24. The van der Waals surface area contributed by atoms with Crippen molar-refractivity contribution >= 4 is 22.4 Å². The summed E-state index contributed by atoms with van der Waals surface area (Å²) in [4.78, 5) is 14.5. The SMILES string of the molecule is Cc1nnc(N2CC[C@H]3C[C@H](C(=O)NCc4ccco4)O[C@H]3C2)s1. The highest BCUT2D eigenvalue weighted by Crippen LogP contribution is 2.35. The molecule has 8 heteroatoms. The molecule has 0 saturated carbocycles. The molecular weight excluding hydrogens is 328 g/mol. The molecule has 7 nitrogen and oxygen atoms in total. The minimum absolute atomic E-state index is 0.0564. The molecule has 2 fully saturated rings. The average Bonchev–Trinajstić information content (AvgIpc) is 3.31. The molecule has 0 aliphatic carbocycles. The number of fused-ring (bicyclic) bond motifs is 1. The minimum Gasteiger partial charge on any atom is -0.467 e. The van der Waals surface area contributed by atoms with Gasteiger partial charge in [0.2, 0.25) is 11.0 Å². The molecule has 128 valence electrons. The molecule has 0 spiro atoms. The summed E-state index contributed by atoms with van der Waals surface area (Å²) in [6.07, 6.45) is 3.13. The van der Waals surface area contributed by atoms with E-state index in [1.165, 1.54) is 0 Å². The maximum Gasteiger partial charge on any atom is 0.249 e. The van der Waals surface area contributed by atoms with Crippen LogP contribution in [0, 0.1) is 12.8 Å². The number of hydrogen-bond acceptors (Lipinski definition) is 7. The summed E-state index contributed by atoms with van der Waals surface area (Å²) in [5.41, 5.74) is 0. The van der Waals surface area contributed by atoms with E-state index in [0.717, 1.165) is 41.8 Å². The van der Waals surface area contributed by atoms with Crippen LogP contribution in [0.1, 0.15) is 23.6 Å². The molecule has 0 radical (unpaired) electrons. The van der Waals surface area contributed by atoms with Crippen LogP contribution in [0.15, 0.2) is 22.8 Å². The summed E-state index contributed by atoms with van der Waals surface area (Å²) < 4.78 is 11.3. The van der Waals surface area contributed by atoms with E-state index >= 15 is 0 Å². The fourth-order valence-corrected chi connectivity index (χ4v) is 4.11. The Balaban J connectivity index is 1.33. The van der Waals surface area contributed by atoms with Gasteiger partial charge in [0.05, 0.1) is 18.9 Å². The zero-order valence-corrected chi connectivity index (χ0v) is 14.3. The molecule has 24 heavy (non-hydrogen) atoms. The average molecular weight is 348 g/mol. The first-order valence-corrected chi connectivity index (χ1v) is 9.01. The molecule has 1 N–H and O–H groups in total. The van der Waals surface area contributed by atoms with E-state index in [1.807, 2.05) is 19.1 Å². The lowest BCUT2D eigenvalue weighted by Crippen LogP contribution is -2.42. The number of nitrogens with zero attached hydrogens (tertiary/aromatic N) is 3. The van der Waals surface area contributed by atoms with Gasteiger partial charge >= 0.3 is 0 Å². The number of aryl methyl sites for hydroxylation is 1. The van der Waals surface area contributed by atoms with Crippen LogP contribution in [-0.2, 0) is 16.1 Å². The zero-order chi connectivity index (χ0) is 16.5. The number of carbonyl (C=O) groups is 1. The Morgan fingerprint density at radius 1 is 1.50 bits per heavy atom. The predicted octanol–water partition coefficient (Wildman–Crippen LogP) is 1.74. The second-order valence-electron chi connectivity index (χ2n) is 6.29. The van der Waals surface area contributed by atoms with Crippen LogP contribution in [0.5, 0.6) is 0 Å². The molecule has 0 unspecified atom stereocenters. The summed E-state index contributed by atoms with van der Waals surface area (Å²) in [7, 11) is 0. The van der Waals surface area contributed by atoms with Gasteiger partial charge in [0.25, 0.3) is 0 Å². The van der Waals surface area contributed by atoms with Crippen LogP contribution in [-0.4, -0.2) is 41.4 Å². The minimum atomic E-state index is -0.369. The summed E-state index contributed by atoms with van der Waals surface area (Å²) in [6, 6.07) is 3.66. The third-order valence-corrected chi connectivity index (χ3v) is 5.55. The molecule has 4 rings (SSSR count). The Hall–Kier alpha value is -1.93. The van der Waals surface area contributed by atoms with Crippen LogP contribution >= 0.6 is 11.3 Å². The van der Waals surface area contributed by atoms with Gasteiger partial charge in [-0.3, -0.25) is 4.79 Å². The molecule has 2 aromatic rings. The summed E-state index contributed by atoms with van der Waals surface area (Å²) in [5.74, 6) is 1.13. The van der Waals surface area contributed by atoms with Crippen LogP contribution in [0.4, 0.5) is 5.13 Å². The van der Waals surface area contributed by atoms with Gasteiger partial charge in [0.15, 0.2) is 0 Å². The van der Waals surface area contributed by atoms with E-state index in [1.54, 1.807) is 17.6 Å². The van der Waals surface area contributed by atoms with Crippen molar-refractivity contribution in [3.8, 4) is 0 Å². The number of furan rings is 1. The Morgan fingerprint density at radius 2 is 2.42 bits per heavy atom. The molecule has 4 heterocycles. The molecule has 2 aromatic heterocycles. The van der Waals surface area contributed by atoms with Crippen molar-refractivity contribution in [1.29, 1.82) is 0 Å². The number of anilines is 1. The van der Waals surface area contributed by atoms with Gasteiger partial charge in [-0.05, 0) is 37.8 Å². The van der Waals surface area contributed by atoms with Crippen LogP contribution in [0.25, 0.3) is 0 Å². The van der Waals surface area contributed by atoms with E-state index in [9.17, 15) is 4.79 Å². The molecular formula is C16H20N4O3S. The summed E-state index contributed by atoms with van der Waals surface area (Å²) >= 11 is 1.60. The summed E-state index contributed by atoms with van der Waals surface area (Å²) in [5, 5.41) is 13.1. The monoisotopic (exact) mass is 348 g/mol. The molecule has 1 amide bonds. The van der Waals surface area contributed by atoms with E-state index in [0.29, 0.717) is 12.5 Å². The fraction of sp³-hybridized carbons (Fsp3) is 0.562. The quantitative estimate of drug-likeness (QED) is 0.906. The van der Waals surface area contributed by atoms with Gasteiger partial charge in [-0.25, -0.2) is 0 Å². The molecule has 0 bridgehead atoms. The topological polar surface area (TPSA) is 80.5 Å². The van der Waals surface area contributed by atoms with Crippen molar-refractivity contribution in [2.75, 3.05) is 18.0 Å². The maximum absolute atomic E-state index is 12.3. The normalized spacial score (nSPS) is 26.4. The number of aromatic nitrogens is 2. The van der Waals surface area contributed by atoms with Crippen molar-refractivity contribution in [1.82, 2.24) is 15.5 Å². The number of rotatable bonds is 4. The van der Waals surface area contributed by atoms with E-state index in [2.05, 4.69) is 20.4 Å². The highest BCUT2D eigenvalue weighted by molar-refractivity contribution is 7.15. The van der Waals surface area contributed by atoms with Gasteiger partial charge in [-0.2, -0.15) is 0 Å². The van der Waals surface area contributed by atoms with Crippen molar-refractivity contribution in [2.24, 2.45) is 5.92 Å². The number of nitrogens with one attached hydrogen (secondary N) is 1. The van der Waals surface area contributed by atoms with Gasteiger partial charge < -0.3 is 19.4 Å². The number of amides is 1. The summed E-state index contributed by atoms with van der Waals surface area (Å²) in [6.45, 7) is 4.08. The number of hydrogen-bond donors (Lipinski definition) is 1. The number of carbonyl (C=O) groups excluding carboxylic acids is 1. The van der Waals surface area contributed by atoms with Crippen molar-refractivity contribution in [3.63, 3.8) is 0 Å². The molecule has 2 saturated heterocycles.